The molecule has 6 heteroatoms. The number of aromatic nitrogens is 3. The van der Waals surface area contributed by atoms with E-state index in [-0.39, 0.29) is 11.7 Å². The van der Waals surface area contributed by atoms with Crippen LogP contribution >= 0.6 is 11.8 Å². The first-order valence-corrected chi connectivity index (χ1v) is 11.6. The van der Waals surface area contributed by atoms with Crippen molar-refractivity contribution in [2.75, 3.05) is 11.1 Å². The van der Waals surface area contributed by atoms with Gasteiger partial charge in [0.1, 0.15) is 0 Å². The zero-order chi connectivity index (χ0) is 22.5. The molecule has 0 unspecified atom stereocenters. The van der Waals surface area contributed by atoms with Crippen LogP contribution in [0.2, 0.25) is 0 Å². The predicted molar refractivity (Wildman–Crippen MR) is 131 cm³/mol. The van der Waals surface area contributed by atoms with Gasteiger partial charge in [0.15, 0.2) is 11.0 Å². The van der Waals surface area contributed by atoms with Crippen molar-refractivity contribution in [3.63, 3.8) is 0 Å². The molecule has 0 saturated heterocycles. The summed E-state index contributed by atoms with van der Waals surface area (Å²) in [6.45, 7) is 6.18. The van der Waals surface area contributed by atoms with Gasteiger partial charge in [-0.05, 0) is 61.2 Å². The van der Waals surface area contributed by atoms with Gasteiger partial charge >= 0.3 is 0 Å². The standard InChI is InChI=1S/C26H26N4OS/c1-4-20-10-12-23(13-11-20)30-25(21-8-6-5-7-9-21)28-29-26(30)32-17-24(31)27-22-15-18(2)14-19(3)16-22/h5-16H,4,17H2,1-3H3,(H,27,31). The number of amides is 1. The van der Waals surface area contributed by atoms with Gasteiger partial charge in [0.05, 0.1) is 5.75 Å². The SMILES string of the molecule is CCc1ccc(-n2c(SCC(=O)Nc3cc(C)cc(C)c3)nnc2-c2ccccc2)cc1. The largest absolute Gasteiger partial charge is 0.325 e. The fourth-order valence-corrected chi connectivity index (χ4v) is 4.38. The molecule has 3 aromatic carbocycles. The second-order valence-corrected chi connectivity index (χ2v) is 8.68. The Hall–Kier alpha value is -3.38. The van der Waals surface area contributed by atoms with E-state index in [4.69, 9.17) is 0 Å². The van der Waals surface area contributed by atoms with Crippen LogP contribution in [0.3, 0.4) is 0 Å². The summed E-state index contributed by atoms with van der Waals surface area (Å²) in [7, 11) is 0. The third-order valence-electron chi connectivity index (χ3n) is 5.11. The Morgan fingerprint density at radius 1 is 0.938 bits per heavy atom. The molecule has 1 heterocycles. The van der Waals surface area contributed by atoms with Crippen molar-refractivity contribution in [1.82, 2.24) is 14.8 Å². The van der Waals surface area contributed by atoms with Crippen molar-refractivity contribution in [2.24, 2.45) is 0 Å². The maximum atomic E-state index is 12.6. The molecule has 0 aliphatic rings. The van der Waals surface area contributed by atoms with Crippen LogP contribution in [0.1, 0.15) is 23.6 Å². The molecule has 0 radical (unpaired) electrons. The van der Waals surface area contributed by atoms with Crippen molar-refractivity contribution in [3.05, 3.63) is 89.5 Å². The Balaban J connectivity index is 1.59. The monoisotopic (exact) mass is 442 g/mol. The van der Waals surface area contributed by atoms with Crippen LogP contribution in [-0.4, -0.2) is 26.4 Å². The summed E-state index contributed by atoms with van der Waals surface area (Å²) in [6.07, 6.45) is 0.980. The van der Waals surface area contributed by atoms with E-state index in [0.717, 1.165) is 40.3 Å². The lowest BCUT2D eigenvalue weighted by Gasteiger charge is -2.11. The maximum Gasteiger partial charge on any atom is 0.234 e. The lowest BCUT2D eigenvalue weighted by atomic mass is 10.1. The Morgan fingerprint density at radius 3 is 2.28 bits per heavy atom. The smallest absolute Gasteiger partial charge is 0.234 e. The van der Waals surface area contributed by atoms with Gasteiger partial charge in [-0.1, -0.05) is 67.2 Å². The molecule has 4 aromatic rings. The molecule has 1 aromatic heterocycles. The molecule has 162 valence electrons. The topological polar surface area (TPSA) is 59.8 Å². The average Bonchev–Trinajstić information content (AvgIpc) is 3.21. The quantitative estimate of drug-likeness (QED) is 0.365. The van der Waals surface area contributed by atoms with Gasteiger partial charge in [-0.3, -0.25) is 9.36 Å². The molecular formula is C26H26N4OS. The molecule has 0 bridgehead atoms. The Bertz CT molecular complexity index is 1200. The number of hydrogen-bond donors (Lipinski definition) is 1. The van der Waals surface area contributed by atoms with Gasteiger partial charge < -0.3 is 5.32 Å². The van der Waals surface area contributed by atoms with Gasteiger partial charge in [-0.2, -0.15) is 0 Å². The molecule has 0 spiro atoms. The number of thioether (sulfide) groups is 1. The first kappa shape index (κ1) is 21.8. The zero-order valence-corrected chi connectivity index (χ0v) is 19.3. The Morgan fingerprint density at radius 2 is 1.62 bits per heavy atom. The zero-order valence-electron chi connectivity index (χ0n) is 18.5. The summed E-state index contributed by atoms with van der Waals surface area (Å²) in [5.41, 5.74) is 6.28. The fourth-order valence-electron chi connectivity index (χ4n) is 3.63. The van der Waals surface area contributed by atoms with Crippen LogP contribution in [0.4, 0.5) is 5.69 Å². The number of carbonyl (C=O) groups is 1. The van der Waals surface area contributed by atoms with Crippen LogP contribution in [0.5, 0.6) is 0 Å². The summed E-state index contributed by atoms with van der Waals surface area (Å²) >= 11 is 1.38. The van der Waals surface area contributed by atoms with E-state index in [9.17, 15) is 4.79 Å². The van der Waals surface area contributed by atoms with Crippen LogP contribution in [0, 0.1) is 13.8 Å². The maximum absolute atomic E-state index is 12.6. The van der Waals surface area contributed by atoms with Crippen molar-refractivity contribution in [2.45, 2.75) is 32.3 Å². The van der Waals surface area contributed by atoms with Gasteiger partial charge in [-0.15, -0.1) is 10.2 Å². The molecule has 32 heavy (non-hydrogen) atoms. The van der Waals surface area contributed by atoms with E-state index in [1.54, 1.807) is 0 Å². The second kappa shape index (κ2) is 9.83. The number of nitrogens with zero attached hydrogens (tertiary/aromatic N) is 3. The van der Waals surface area contributed by atoms with E-state index in [1.165, 1.54) is 17.3 Å². The van der Waals surface area contributed by atoms with E-state index < -0.39 is 0 Å². The van der Waals surface area contributed by atoms with E-state index in [2.05, 4.69) is 52.8 Å². The first-order chi connectivity index (χ1) is 15.5. The molecule has 0 saturated carbocycles. The molecule has 4 rings (SSSR count). The minimum atomic E-state index is -0.0721. The fraction of sp³-hybridized carbons (Fsp3) is 0.192. The highest BCUT2D eigenvalue weighted by Gasteiger charge is 2.17. The highest BCUT2D eigenvalue weighted by Crippen LogP contribution is 2.28. The number of aryl methyl sites for hydroxylation is 3. The van der Waals surface area contributed by atoms with Crippen LogP contribution in [-0.2, 0) is 11.2 Å². The van der Waals surface area contributed by atoms with Crippen molar-refractivity contribution in [1.29, 1.82) is 0 Å². The number of anilines is 1. The van der Waals surface area contributed by atoms with Crippen molar-refractivity contribution in [3.8, 4) is 17.1 Å². The molecule has 1 N–H and O–H groups in total. The summed E-state index contributed by atoms with van der Waals surface area (Å²) in [5, 5.41) is 12.5. The van der Waals surface area contributed by atoms with Gasteiger partial charge in [0, 0.05) is 16.9 Å². The van der Waals surface area contributed by atoms with Crippen LogP contribution in [0.25, 0.3) is 17.1 Å². The molecule has 0 atom stereocenters. The summed E-state index contributed by atoms with van der Waals surface area (Å²) in [4.78, 5) is 12.6. The number of carbonyl (C=O) groups excluding carboxylic acids is 1. The van der Waals surface area contributed by atoms with E-state index in [0.29, 0.717) is 5.16 Å². The van der Waals surface area contributed by atoms with Gasteiger partial charge in [0.25, 0.3) is 0 Å². The third-order valence-corrected chi connectivity index (χ3v) is 6.03. The normalized spacial score (nSPS) is 10.8. The minimum Gasteiger partial charge on any atom is -0.325 e. The molecule has 0 fully saturated rings. The second-order valence-electron chi connectivity index (χ2n) is 7.74. The number of hydrogen-bond acceptors (Lipinski definition) is 4. The predicted octanol–water partition coefficient (Wildman–Crippen LogP) is 5.84. The van der Waals surface area contributed by atoms with Gasteiger partial charge in [-0.25, -0.2) is 0 Å². The summed E-state index contributed by atoms with van der Waals surface area (Å²) < 4.78 is 2.02. The Labute approximate surface area is 192 Å². The third kappa shape index (κ3) is 5.08. The summed E-state index contributed by atoms with van der Waals surface area (Å²) in [6, 6.07) is 24.4. The molecule has 0 aliphatic heterocycles. The highest BCUT2D eigenvalue weighted by atomic mass is 32.2. The van der Waals surface area contributed by atoms with Crippen LogP contribution < -0.4 is 5.32 Å². The number of nitrogens with one attached hydrogen (secondary N) is 1. The minimum absolute atomic E-state index is 0.0721. The highest BCUT2D eigenvalue weighted by molar-refractivity contribution is 7.99. The number of rotatable bonds is 7. The van der Waals surface area contributed by atoms with Crippen molar-refractivity contribution < 1.29 is 4.79 Å². The lowest BCUT2D eigenvalue weighted by molar-refractivity contribution is -0.113. The molecule has 0 aliphatic carbocycles. The van der Waals surface area contributed by atoms with Crippen molar-refractivity contribution >= 4 is 23.4 Å². The molecular weight excluding hydrogens is 416 g/mol. The average molecular weight is 443 g/mol. The van der Waals surface area contributed by atoms with E-state index in [1.807, 2.05) is 60.9 Å². The molecule has 5 nitrogen and oxygen atoms in total. The Kier molecular flexibility index (Phi) is 6.71. The lowest BCUT2D eigenvalue weighted by Crippen LogP contribution is -2.14. The first-order valence-electron chi connectivity index (χ1n) is 10.6. The number of benzene rings is 3. The van der Waals surface area contributed by atoms with Gasteiger partial charge in [0.2, 0.25) is 5.91 Å². The summed E-state index contributed by atoms with van der Waals surface area (Å²) in [5.74, 6) is 0.927. The van der Waals surface area contributed by atoms with Crippen LogP contribution in [0.15, 0.2) is 78.0 Å². The van der Waals surface area contributed by atoms with E-state index >= 15 is 0 Å². The molecule has 1 amide bonds.